The van der Waals surface area contributed by atoms with Gasteiger partial charge >= 0.3 is 0 Å². The Morgan fingerprint density at radius 1 is 1.23 bits per heavy atom. The summed E-state index contributed by atoms with van der Waals surface area (Å²) in [5.74, 6) is 3.79. The summed E-state index contributed by atoms with van der Waals surface area (Å²) in [6.07, 6.45) is 0.842. The van der Waals surface area contributed by atoms with Crippen LogP contribution in [0.1, 0.15) is 23.8 Å². The van der Waals surface area contributed by atoms with E-state index in [1.54, 1.807) is 14.2 Å². The molecule has 26 heavy (non-hydrogen) atoms. The Bertz CT molecular complexity index is 684. The highest BCUT2D eigenvalue weighted by molar-refractivity contribution is 14.0. The van der Waals surface area contributed by atoms with Crippen LogP contribution >= 0.6 is 24.0 Å². The molecule has 1 aromatic heterocycles. The molecule has 0 aliphatic heterocycles. The van der Waals surface area contributed by atoms with Crippen LogP contribution in [0.3, 0.4) is 0 Å². The number of guanidine groups is 1. The second kappa shape index (κ2) is 11.6. The first-order valence-corrected chi connectivity index (χ1v) is 8.26. The number of ether oxygens (including phenoxy) is 2. The summed E-state index contributed by atoms with van der Waals surface area (Å²) >= 11 is 0. The molecular formula is C18H27IN4O3. The number of nitrogens with one attached hydrogen (secondary N) is 2. The molecule has 0 radical (unpaired) electrons. The van der Waals surface area contributed by atoms with Gasteiger partial charge in [0.25, 0.3) is 0 Å². The van der Waals surface area contributed by atoms with Gasteiger partial charge < -0.3 is 24.5 Å². The van der Waals surface area contributed by atoms with Gasteiger partial charge in [-0.1, -0.05) is 6.07 Å². The van der Waals surface area contributed by atoms with Crippen molar-refractivity contribution in [2.75, 3.05) is 27.3 Å². The molecule has 8 heteroatoms. The molecule has 0 saturated heterocycles. The maximum Gasteiger partial charge on any atom is 0.214 e. The van der Waals surface area contributed by atoms with Gasteiger partial charge in [0.2, 0.25) is 5.89 Å². The van der Waals surface area contributed by atoms with Crippen LogP contribution in [0.4, 0.5) is 0 Å². The standard InChI is InChI=1S/C18H26N4O3.HI/c1-13-14(2)25-17(22-13)12-21-18(19-3)20-9-6-10-24-16-8-5-7-15(11-16)23-4;/h5,7-8,11H,6,9-10,12H2,1-4H3,(H2,19,20,21);1H. The molecule has 0 spiro atoms. The normalized spacial score (nSPS) is 10.8. The maximum atomic E-state index is 5.70. The second-order valence-corrected chi connectivity index (χ2v) is 5.48. The van der Waals surface area contributed by atoms with Crippen molar-refractivity contribution < 1.29 is 13.9 Å². The Hall–Kier alpha value is -1.97. The fourth-order valence-corrected chi connectivity index (χ4v) is 2.15. The third-order valence-corrected chi connectivity index (χ3v) is 3.63. The largest absolute Gasteiger partial charge is 0.497 e. The number of hydrogen-bond donors (Lipinski definition) is 2. The number of hydrogen-bond acceptors (Lipinski definition) is 5. The van der Waals surface area contributed by atoms with Gasteiger partial charge in [-0.05, 0) is 32.4 Å². The zero-order chi connectivity index (χ0) is 18.1. The van der Waals surface area contributed by atoms with Crippen molar-refractivity contribution in [1.29, 1.82) is 0 Å². The Labute approximate surface area is 171 Å². The van der Waals surface area contributed by atoms with E-state index in [1.165, 1.54) is 0 Å². The molecule has 0 unspecified atom stereocenters. The molecule has 2 rings (SSSR count). The minimum Gasteiger partial charge on any atom is -0.497 e. The van der Waals surface area contributed by atoms with Gasteiger partial charge in [0, 0.05) is 19.7 Å². The number of rotatable bonds is 8. The number of halogens is 1. The average Bonchev–Trinajstić information content (AvgIpc) is 2.95. The highest BCUT2D eigenvalue weighted by Crippen LogP contribution is 2.18. The minimum atomic E-state index is 0. The summed E-state index contributed by atoms with van der Waals surface area (Å²) in [5, 5.41) is 6.41. The predicted octanol–water partition coefficient (Wildman–Crippen LogP) is 3.05. The van der Waals surface area contributed by atoms with Crippen LogP contribution in [0.2, 0.25) is 0 Å². The number of oxazole rings is 1. The molecule has 0 bridgehead atoms. The smallest absolute Gasteiger partial charge is 0.214 e. The first kappa shape index (κ1) is 22.1. The SMILES string of the molecule is CN=C(NCCCOc1cccc(OC)c1)NCc1nc(C)c(C)o1.I. The van der Waals surface area contributed by atoms with E-state index >= 15 is 0 Å². The van der Waals surface area contributed by atoms with Crippen molar-refractivity contribution in [2.24, 2.45) is 4.99 Å². The van der Waals surface area contributed by atoms with Crippen molar-refractivity contribution in [1.82, 2.24) is 15.6 Å². The van der Waals surface area contributed by atoms with Crippen LogP contribution in [0, 0.1) is 13.8 Å². The van der Waals surface area contributed by atoms with Crippen molar-refractivity contribution >= 4 is 29.9 Å². The van der Waals surface area contributed by atoms with Gasteiger partial charge in [-0.25, -0.2) is 4.98 Å². The highest BCUT2D eigenvalue weighted by atomic mass is 127. The molecule has 2 N–H and O–H groups in total. The first-order chi connectivity index (χ1) is 12.1. The van der Waals surface area contributed by atoms with E-state index in [0.29, 0.717) is 25.0 Å². The molecule has 0 fully saturated rings. The number of aryl methyl sites for hydroxylation is 2. The van der Waals surface area contributed by atoms with Crippen LogP contribution < -0.4 is 20.1 Å². The Morgan fingerprint density at radius 3 is 2.65 bits per heavy atom. The molecule has 1 aromatic carbocycles. The lowest BCUT2D eigenvalue weighted by atomic mass is 10.3. The molecule has 0 saturated carbocycles. The van der Waals surface area contributed by atoms with Crippen molar-refractivity contribution in [3.8, 4) is 11.5 Å². The lowest BCUT2D eigenvalue weighted by molar-refractivity contribution is 0.308. The van der Waals surface area contributed by atoms with Gasteiger partial charge in [-0.15, -0.1) is 24.0 Å². The summed E-state index contributed by atoms with van der Waals surface area (Å²) < 4.78 is 16.4. The number of methoxy groups -OCH3 is 1. The molecule has 1 heterocycles. The van der Waals surface area contributed by atoms with E-state index < -0.39 is 0 Å². The van der Waals surface area contributed by atoms with E-state index in [0.717, 1.165) is 35.9 Å². The second-order valence-electron chi connectivity index (χ2n) is 5.48. The maximum absolute atomic E-state index is 5.70. The van der Waals surface area contributed by atoms with Crippen molar-refractivity contribution in [3.63, 3.8) is 0 Å². The summed E-state index contributed by atoms with van der Waals surface area (Å²) in [7, 11) is 3.37. The molecule has 7 nitrogen and oxygen atoms in total. The number of aromatic nitrogens is 1. The van der Waals surface area contributed by atoms with E-state index in [-0.39, 0.29) is 24.0 Å². The van der Waals surface area contributed by atoms with Crippen LogP contribution in [-0.4, -0.2) is 38.3 Å². The topological polar surface area (TPSA) is 80.9 Å². The fourth-order valence-electron chi connectivity index (χ4n) is 2.15. The molecule has 144 valence electrons. The van der Waals surface area contributed by atoms with E-state index in [9.17, 15) is 0 Å². The van der Waals surface area contributed by atoms with E-state index in [2.05, 4.69) is 20.6 Å². The zero-order valence-electron chi connectivity index (χ0n) is 15.7. The highest BCUT2D eigenvalue weighted by Gasteiger charge is 2.06. The van der Waals surface area contributed by atoms with Crippen LogP contribution in [-0.2, 0) is 6.54 Å². The van der Waals surface area contributed by atoms with Gasteiger partial charge in [0.1, 0.15) is 17.3 Å². The van der Waals surface area contributed by atoms with E-state index in [1.807, 2.05) is 38.1 Å². The monoisotopic (exact) mass is 474 g/mol. The summed E-state index contributed by atoms with van der Waals surface area (Å²) in [6.45, 7) is 5.68. The van der Waals surface area contributed by atoms with Crippen molar-refractivity contribution in [2.45, 2.75) is 26.8 Å². The lowest BCUT2D eigenvalue weighted by Gasteiger charge is -2.11. The molecule has 0 amide bonds. The van der Waals surface area contributed by atoms with Gasteiger partial charge in [-0.3, -0.25) is 4.99 Å². The number of aliphatic imine (C=N–C) groups is 1. The van der Waals surface area contributed by atoms with Crippen LogP contribution in [0.15, 0.2) is 33.7 Å². The summed E-state index contributed by atoms with van der Waals surface area (Å²) in [5.41, 5.74) is 0.912. The van der Waals surface area contributed by atoms with Crippen LogP contribution in [0.25, 0.3) is 0 Å². The quantitative estimate of drug-likeness (QED) is 0.265. The first-order valence-electron chi connectivity index (χ1n) is 8.26. The zero-order valence-corrected chi connectivity index (χ0v) is 18.0. The lowest BCUT2D eigenvalue weighted by Crippen LogP contribution is -2.37. The molecule has 0 aliphatic rings. The Balaban J connectivity index is 0.00000338. The third-order valence-electron chi connectivity index (χ3n) is 3.63. The van der Waals surface area contributed by atoms with Gasteiger partial charge in [0.15, 0.2) is 5.96 Å². The Morgan fingerprint density at radius 2 is 2.00 bits per heavy atom. The van der Waals surface area contributed by atoms with Gasteiger partial charge in [-0.2, -0.15) is 0 Å². The third kappa shape index (κ3) is 7.11. The summed E-state index contributed by atoms with van der Waals surface area (Å²) in [4.78, 5) is 8.51. The molecule has 2 aromatic rings. The fraction of sp³-hybridized carbons (Fsp3) is 0.444. The summed E-state index contributed by atoms with van der Waals surface area (Å²) in [6, 6.07) is 7.58. The average molecular weight is 474 g/mol. The van der Waals surface area contributed by atoms with E-state index in [4.69, 9.17) is 13.9 Å². The number of benzene rings is 1. The molecule has 0 atom stereocenters. The van der Waals surface area contributed by atoms with Crippen LogP contribution in [0.5, 0.6) is 11.5 Å². The molecular weight excluding hydrogens is 447 g/mol. The minimum absolute atomic E-state index is 0. The van der Waals surface area contributed by atoms with Gasteiger partial charge in [0.05, 0.1) is 26.0 Å². The predicted molar refractivity (Wildman–Crippen MR) is 113 cm³/mol. The number of nitrogens with zero attached hydrogens (tertiary/aromatic N) is 2. The Kier molecular flexibility index (Phi) is 9.85. The van der Waals surface area contributed by atoms with Crippen molar-refractivity contribution in [3.05, 3.63) is 41.6 Å². The molecule has 0 aliphatic carbocycles.